The molecule has 0 bridgehead atoms. The number of anilines is 2. The minimum absolute atomic E-state index is 0.0376. The van der Waals surface area contributed by atoms with Gasteiger partial charge in [-0.2, -0.15) is 9.97 Å². The normalized spacial score (nSPS) is 10.0. The molecule has 0 aliphatic heterocycles. The van der Waals surface area contributed by atoms with Gasteiger partial charge in [-0.25, -0.2) is 4.98 Å². The maximum atomic E-state index is 12.2. The summed E-state index contributed by atoms with van der Waals surface area (Å²) in [5.41, 5.74) is 5.88. The highest BCUT2D eigenvalue weighted by atomic mass is 79.9. The average molecular weight is 354 g/mol. The number of pyridine rings is 1. The first-order valence-corrected chi connectivity index (χ1v) is 6.52. The molecule has 0 unspecified atom stereocenters. The molecule has 8 nitrogen and oxygen atoms in total. The molecule has 0 aliphatic rings. The van der Waals surface area contributed by atoms with Crippen LogP contribution in [0.5, 0.6) is 11.8 Å². The van der Waals surface area contributed by atoms with Crippen LogP contribution in [0.3, 0.4) is 0 Å². The van der Waals surface area contributed by atoms with Crippen LogP contribution in [0, 0.1) is 0 Å². The van der Waals surface area contributed by atoms with Gasteiger partial charge in [0.05, 0.1) is 25.8 Å². The fraction of sp³-hybridized carbons (Fsp3) is 0.167. The average Bonchev–Trinajstić information content (AvgIpc) is 2.49. The molecular weight excluding hydrogens is 342 g/mol. The van der Waals surface area contributed by atoms with Crippen molar-refractivity contribution in [2.45, 2.75) is 0 Å². The molecule has 2 rings (SSSR count). The van der Waals surface area contributed by atoms with Gasteiger partial charge in [0, 0.05) is 10.7 Å². The van der Waals surface area contributed by atoms with E-state index in [1.165, 1.54) is 26.5 Å². The van der Waals surface area contributed by atoms with E-state index in [-0.39, 0.29) is 29.1 Å². The summed E-state index contributed by atoms with van der Waals surface area (Å²) in [5.74, 6) is 0.174. The lowest BCUT2D eigenvalue weighted by Gasteiger charge is -2.08. The standard InChI is InChI=1S/C12H12BrN5O3/c1-20-8-4-9(21-2)17-12(16-8)18-11(19)7-3-6(13)5-15-10(7)14/h3-5H,1-2H3,(H2,14,15)(H,16,17,18,19). The summed E-state index contributed by atoms with van der Waals surface area (Å²) in [6.07, 6.45) is 1.50. The number of hydrogen-bond acceptors (Lipinski definition) is 7. The van der Waals surface area contributed by atoms with E-state index >= 15 is 0 Å². The quantitative estimate of drug-likeness (QED) is 0.855. The van der Waals surface area contributed by atoms with Crippen molar-refractivity contribution in [1.82, 2.24) is 15.0 Å². The van der Waals surface area contributed by atoms with Crippen molar-refractivity contribution in [1.29, 1.82) is 0 Å². The van der Waals surface area contributed by atoms with Gasteiger partial charge in [0.1, 0.15) is 5.82 Å². The maximum absolute atomic E-state index is 12.2. The molecule has 0 fully saturated rings. The molecule has 21 heavy (non-hydrogen) atoms. The van der Waals surface area contributed by atoms with Gasteiger partial charge in [0.2, 0.25) is 17.7 Å². The maximum Gasteiger partial charge on any atom is 0.261 e. The van der Waals surface area contributed by atoms with Crippen LogP contribution in [0.25, 0.3) is 0 Å². The second-order valence-corrected chi connectivity index (χ2v) is 4.73. The highest BCUT2D eigenvalue weighted by molar-refractivity contribution is 9.10. The van der Waals surface area contributed by atoms with Crippen molar-refractivity contribution in [2.75, 3.05) is 25.3 Å². The van der Waals surface area contributed by atoms with Crippen molar-refractivity contribution in [3.8, 4) is 11.8 Å². The Kier molecular flexibility index (Phi) is 4.53. The first-order valence-electron chi connectivity index (χ1n) is 5.73. The van der Waals surface area contributed by atoms with Crippen molar-refractivity contribution in [2.24, 2.45) is 0 Å². The summed E-state index contributed by atoms with van der Waals surface area (Å²) in [6.45, 7) is 0. The van der Waals surface area contributed by atoms with Gasteiger partial charge in [0.25, 0.3) is 5.91 Å². The first-order chi connectivity index (χ1) is 10.0. The third-order valence-corrected chi connectivity index (χ3v) is 2.89. The number of rotatable bonds is 4. The number of carbonyl (C=O) groups is 1. The van der Waals surface area contributed by atoms with Crippen LogP contribution in [-0.4, -0.2) is 35.1 Å². The van der Waals surface area contributed by atoms with E-state index in [0.29, 0.717) is 4.47 Å². The zero-order valence-corrected chi connectivity index (χ0v) is 12.8. The summed E-state index contributed by atoms with van der Waals surface area (Å²) in [6, 6.07) is 3.04. The number of nitrogens with zero attached hydrogens (tertiary/aromatic N) is 3. The van der Waals surface area contributed by atoms with E-state index in [0.717, 1.165) is 0 Å². The highest BCUT2D eigenvalue weighted by Crippen LogP contribution is 2.20. The third kappa shape index (κ3) is 3.57. The molecular formula is C12H12BrN5O3. The molecule has 0 saturated carbocycles. The molecule has 0 saturated heterocycles. The second-order valence-electron chi connectivity index (χ2n) is 3.82. The van der Waals surface area contributed by atoms with E-state index in [2.05, 4.69) is 36.2 Å². The number of carbonyl (C=O) groups excluding carboxylic acids is 1. The van der Waals surface area contributed by atoms with Gasteiger partial charge < -0.3 is 15.2 Å². The Balaban J connectivity index is 2.28. The minimum Gasteiger partial charge on any atom is -0.481 e. The fourth-order valence-corrected chi connectivity index (χ4v) is 1.80. The predicted octanol–water partition coefficient (Wildman–Crippen LogP) is 1.49. The number of ether oxygens (including phenoxy) is 2. The smallest absolute Gasteiger partial charge is 0.261 e. The Hall–Kier alpha value is -2.42. The first kappa shape index (κ1) is 15.0. The summed E-state index contributed by atoms with van der Waals surface area (Å²) in [5, 5.41) is 2.51. The molecule has 9 heteroatoms. The van der Waals surface area contributed by atoms with E-state index in [4.69, 9.17) is 15.2 Å². The van der Waals surface area contributed by atoms with Crippen LogP contribution < -0.4 is 20.5 Å². The van der Waals surface area contributed by atoms with Crippen molar-refractivity contribution in [3.05, 3.63) is 28.4 Å². The third-order valence-electron chi connectivity index (χ3n) is 2.45. The fourth-order valence-electron chi connectivity index (χ4n) is 1.47. The Morgan fingerprint density at radius 2 is 1.86 bits per heavy atom. The second kappa shape index (κ2) is 6.35. The van der Waals surface area contributed by atoms with Gasteiger partial charge in [-0.05, 0) is 22.0 Å². The molecule has 110 valence electrons. The highest BCUT2D eigenvalue weighted by Gasteiger charge is 2.14. The molecule has 3 N–H and O–H groups in total. The van der Waals surface area contributed by atoms with Crippen LogP contribution in [0.4, 0.5) is 11.8 Å². The van der Waals surface area contributed by atoms with Crippen LogP contribution in [0.2, 0.25) is 0 Å². The Labute approximate surface area is 128 Å². The summed E-state index contributed by atoms with van der Waals surface area (Å²) < 4.78 is 10.6. The van der Waals surface area contributed by atoms with Crippen LogP contribution in [0.15, 0.2) is 22.8 Å². The predicted molar refractivity (Wildman–Crippen MR) is 79.4 cm³/mol. The van der Waals surface area contributed by atoms with Crippen molar-refractivity contribution in [3.63, 3.8) is 0 Å². The number of nitrogen functional groups attached to an aromatic ring is 1. The molecule has 0 aromatic carbocycles. The Bertz CT molecular complexity index is 658. The summed E-state index contributed by atoms with van der Waals surface area (Å²) in [4.78, 5) is 24.1. The Morgan fingerprint density at radius 1 is 1.24 bits per heavy atom. The monoisotopic (exact) mass is 353 g/mol. The summed E-state index contributed by atoms with van der Waals surface area (Å²) >= 11 is 3.23. The molecule has 1 amide bonds. The van der Waals surface area contributed by atoms with E-state index in [1.54, 1.807) is 6.07 Å². The van der Waals surface area contributed by atoms with Gasteiger partial charge in [-0.1, -0.05) is 0 Å². The number of hydrogen-bond donors (Lipinski definition) is 2. The molecule has 2 aromatic rings. The van der Waals surface area contributed by atoms with Gasteiger partial charge in [0.15, 0.2) is 0 Å². The topological polar surface area (TPSA) is 112 Å². The zero-order valence-electron chi connectivity index (χ0n) is 11.3. The Morgan fingerprint density at radius 3 is 2.43 bits per heavy atom. The van der Waals surface area contributed by atoms with E-state index in [1.807, 2.05) is 0 Å². The molecule has 2 aromatic heterocycles. The molecule has 2 heterocycles. The number of methoxy groups -OCH3 is 2. The molecule has 0 spiro atoms. The number of amides is 1. The number of aromatic nitrogens is 3. The molecule has 0 radical (unpaired) electrons. The van der Waals surface area contributed by atoms with Gasteiger partial charge in [-0.15, -0.1) is 0 Å². The lowest BCUT2D eigenvalue weighted by Crippen LogP contribution is -2.17. The largest absolute Gasteiger partial charge is 0.481 e. The van der Waals surface area contributed by atoms with Crippen LogP contribution in [-0.2, 0) is 0 Å². The number of nitrogens with two attached hydrogens (primary N) is 1. The number of halogens is 1. The van der Waals surface area contributed by atoms with Crippen LogP contribution >= 0.6 is 15.9 Å². The van der Waals surface area contributed by atoms with Gasteiger partial charge in [-0.3, -0.25) is 10.1 Å². The lowest BCUT2D eigenvalue weighted by molar-refractivity contribution is 0.102. The molecule has 0 aliphatic carbocycles. The zero-order chi connectivity index (χ0) is 15.4. The van der Waals surface area contributed by atoms with E-state index in [9.17, 15) is 4.79 Å². The molecule has 0 atom stereocenters. The van der Waals surface area contributed by atoms with E-state index < -0.39 is 5.91 Å². The van der Waals surface area contributed by atoms with Crippen molar-refractivity contribution >= 4 is 33.6 Å². The van der Waals surface area contributed by atoms with Crippen LogP contribution in [0.1, 0.15) is 10.4 Å². The lowest BCUT2D eigenvalue weighted by atomic mass is 10.2. The minimum atomic E-state index is -0.489. The number of nitrogens with one attached hydrogen (secondary N) is 1. The van der Waals surface area contributed by atoms with Crippen molar-refractivity contribution < 1.29 is 14.3 Å². The summed E-state index contributed by atoms with van der Waals surface area (Å²) in [7, 11) is 2.90. The van der Waals surface area contributed by atoms with Gasteiger partial charge >= 0.3 is 0 Å². The SMILES string of the molecule is COc1cc(OC)nc(NC(=O)c2cc(Br)cnc2N)n1.